The van der Waals surface area contributed by atoms with Crippen molar-refractivity contribution in [1.82, 2.24) is 10.2 Å². The van der Waals surface area contributed by atoms with Crippen LogP contribution in [0.25, 0.3) is 0 Å². The average Bonchev–Trinajstić information content (AvgIpc) is 2.54. The number of nitrogens with zero attached hydrogens (tertiary/aromatic N) is 1. The molecule has 120 valence electrons. The van der Waals surface area contributed by atoms with Gasteiger partial charge in [-0.2, -0.15) is 0 Å². The zero-order chi connectivity index (χ0) is 16.1. The summed E-state index contributed by atoms with van der Waals surface area (Å²) in [4.78, 5) is 2.19. The van der Waals surface area contributed by atoms with Crippen molar-refractivity contribution < 1.29 is 5.11 Å². The van der Waals surface area contributed by atoms with Gasteiger partial charge in [0.15, 0.2) is 0 Å². The average molecular weight is 292 g/mol. The quantitative estimate of drug-likeness (QED) is 0.687. The molecule has 21 heavy (non-hydrogen) atoms. The highest BCUT2D eigenvalue weighted by atomic mass is 16.3. The highest BCUT2D eigenvalue weighted by molar-refractivity contribution is 5.16. The Labute approximate surface area is 130 Å². The van der Waals surface area contributed by atoms with Gasteiger partial charge in [0.2, 0.25) is 0 Å². The third kappa shape index (κ3) is 8.00. The molecule has 0 fully saturated rings. The Kier molecular flexibility index (Phi) is 11.9. The number of aliphatic hydroxyl groups is 1. The molecule has 0 aliphatic heterocycles. The summed E-state index contributed by atoms with van der Waals surface area (Å²) in [5.74, 6) is 0. The lowest BCUT2D eigenvalue weighted by Gasteiger charge is -2.28. The van der Waals surface area contributed by atoms with E-state index in [9.17, 15) is 5.11 Å². The molecule has 0 radical (unpaired) electrons. The second-order valence-corrected chi connectivity index (χ2v) is 4.79. The number of aliphatic hydroxyl groups excluding tert-OH is 1. The first-order chi connectivity index (χ1) is 10.2. The highest BCUT2D eigenvalue weighted by Gasteiger charge is 2.19. The van der Waals surface area contributed by atoms with Gasteiger partial charge < -0.3 is 10.4 Å². The number of benzene rings is 1. The van der Waals surface area contributed by atoms with Gasteiger partial charge in [0.05, 0.1) is 6.10 Å². The predicted molar refractivity (Wildman–Crippen MR) is 92.7 cm³/mol. The van der Waals surface area contributed by atoms with Crippen LogP contribution in [0.1, 0.15) is 26.3 Å². The molecule has 0 spiro atoms. The Morgan fingerprint density at radius 1 is 1.29 bits per heavy atom. The molecular weight excluding hydrogens is 260 g/mol. The van der Waals surface area contributed by atoms with Crippen LogP contribution in [0.4, 0.5) is 0 Å². The third-order valence-corrected chi connectivity index (χ3v) is 3.41. The molecule has 1 aromatic carbocycles. The molecule has 0 aromatic heterocycles. The van der Waals surface area contributed by atoms with Gasteiger partial charge in [-0.25, -0.2) is 0 Å². The maximum atomic E-state index is 10.4. The number of hydrogen-bond donors (Lipinski definition) is 2. The van der Waals surface area contributed by atoms with Gasteiger partial charge in [0.1, 0.15) is 0 Å². The first kappa shape index (κ1) is 19.8. The fourth-order valence-corrected chi connectivity index (χ4v) is 2.21. The summed E-state index contributed by atoms with van der Waals surface area (Å²) in [5, 5.41) is 13.6. The zero-order valence-corrected chi connectivity index (χ0v) is 14.0. The molecule has 1 rings (SSSR count). The van der Waals surface area contributed by atoms with Gasteiger partial charge >= 0.3 is 0 Å². The van der Waals surface area contributed by atoms with Crippen molar-refractivity contribution in [3.63, 3.8) is 0 Å². The normalized spacial score (nSPS) is 13.2. The topological polar surface area (TPSA) is 35.5 Å². The van der Waals surface area contributed by atoms with Gasteiger partial charge in [-0.05, 0) is 25.6 Å². The first-order valence-corrected chi connectivity index (χ1v) is 7.93. The number of rotatable bonds is 9. The molecule has 0 unspecified atom stereocenters. The standard InChI is InChI=1S/C16H26N2O.C2H6/c1-4-11-18(5-2)13-16(19)15(17-3)12-14-9-7-6-8-10-14;1-2/h4,6-10,15-17,19H,1,5,11-13H2,2-3H3;1-2H3/t15-,16+;/m0./s1. The van der Waals surface area contributed by atoms with Crippen LogP contribution in [0.2, 0.25) is 0 Å². The van der Waals surface area contributed by atoms with Crippen molar-refractivity contribution in [1.29, 1.82) is 0 Å². The van der Waals surface area contributed by atoms with Crippen molar-refractivity contribution in [3.05, 3.63) is 48.6 Å². The van der Waals surface area contributed by atoms with Crippen LogP contribution < -0.4 is 5.32 Å². The van der Waals surface area contributed by atoms with Gasteiger partial charge in [0.25, 0.3) is 0 Å². The Morgan fingerprint density at radius 2 is 1.90 bits per heavy atom. The van der Waals surface area contributed by atoms with Crippen LogP contribution in [-0.4, -0.2) is 48.8 Å². The molecule has 3 nitrogen and oxygen atoms in total. The van der Waals surface area contributed by atoms with Crippen molar-refractivity contribution >= 4 is 0 Å². The minimum atomic E-state index is -0.384. The smallest absolute Gasteiger partial charge is 0.0823 e. The summed E-state index contributed by atoms with van der Waals surface area (Å²) in [6.45, 7) is 12.3. The molecule has 0 bridgehead atoms. The van der Waals surface area contributed by atoms with E-state index in [0.29, 0.717) is 6.54 Å². The summed E-state index contributed by atoms with van der Waals surface area (Å²) in [6.07, 6.45) is 2.33. The lowest BCUT2D eigenvalue weighted by atomic mass is 10.0. The zero-order valence-electron chi connectivity index (χ0n) is 14.0. The van der Waals surface area contributed by atoms with E-state index in [4.69, 9.17) is 0 Å². The van der Waals surface area contributed by atoms with Gasteiger partial charge in [-0.15, -0.1) is 6.58 Å². The summed E-state index contributed by atoms with van der Waals surface area (Å²) < 4.78 is 0. The molecule has 2 N–H and O–H groups in total. The number of likely N-dealkylation sites (N-methyl/N-ethyl adjacent to an activating group) is 2. The monoisotopic (exact) mass is 292 g/mol. The molecule has 0 aliphatic rings. The Bertz CT molecular complexity index is 353. The Hall–Kier alpha value is -1.16. The predicted octanol–water partition coefficient (Wildman–Crippen LogP) is 2.71. The van der Waals surface area contributed by atoms with E-state index in [-0.39, 0.29) is 12.1 Å². The molecular formula is C18H32N2O. The fourth-order valence-electron chi connectivity index (χ4n) is 2.21. The van der Waals surface area contributed by atoms with Crippen molar-refractivity contribution in [3.8, 4) is 0 Å². The van der Waals surface area contributed by atoms with Crippen LogP contribution in [0.15, 0.2) is 43.0 Å². The number of nitrogens with one attached hydrogen (secondary N) is 1. The summed E-state index contributed by atoms with van der Waals surface area (Å²) in [7, 11) is 1.90. The summed E-state index contributed by atoms with van der Waals surface area (Å²) >= 11 is 0. The largest absolute Gasteiger partial charge is 0.390 e. The van der Waals surface area contributed by atoms with E-state index in [1.807, 2.05) is 45.2 Å². The molecule has 0 saturated heterocycles. The van der Waals surface area contributed by atoms with Crippen LogP contribution in [0, 0.1) is 0 Å². The highest BCUT2D eigenvalue weighted by Crippen LogP contribution is 2.07. The molecule has 0 amide bonds. The van der Waals surface area contributed by atoms with E-state index >= 15 is 0 Å². The van der Waals surface area contributed by atoms with Crippen LogP contribution >= 0.6 is 0 Å². The van der Waals surface area contributed by atoms with Crippen LogP contribution in [0.3, 0.4) is 0 Å². The molecule has 3 heteroatoms. The number of hydrogen-bond acceptors (Lipinski definition) is 3. The fraction of sp³-hybridized carbons (Fsp3) is 0.556. The van der Waals surface area contributed by atoms with Crippen molar-refractivity contribution in [2.45, 2.75) is 39.3 Å². The van der Waals surface area contributed by atoms with Crippen molar-refractivity contribution in [2.24, 2.45) is 0 Å². The van der Waals surface area contributed by atoms with Gasteiger partial charge in [-0.1, -0.05) is 57.2 Å². The van der Waals surface area contributed by atoms with E-state index in [1.54, 1.807) is 0 Å². The van der Waals surface area contributed by atoms with E-state index in [1.165, 1.54) is 5.56 Å². The van der Waals surface area contributed by atoms with Crippen molar-refractivity contribution in [2.75, 3.05) is 26.7 Å². The minimum Gasteiger partial charge on any atom is -0.390 e. The lowest BCUT2D eigenvalue weighted by Crippen LogP contribution is -2.46. The molecule has 0 aliphatic carbocycles. The minimum absolute atomic E-state index is 0.0706. The molecule has 0 saturated carbocycles. The molecule has 2 atom stereocenters. The SMILES string of the molecule is C=CCN(CC)C[C@@H](O)[C@H](Cc1ccccc1)NC.CC. The Balaban J connectivity index is 0.00000191. The summed E-state index contributed by atoms with van der Waals surface area (Å²) in [6, 6.07) is 10.3. The van der Waals surface area contributed by atoms with E-state index < -0.39 is 0 Å². The van der Waals surface area contributed by atoms with Crippen LogP contribution in [-0.2, 0) is 6.42 Å². The lowest BCUT2D eigenvalue weighted by molar-refractivity contribution is 0.0881. The molecule has 1 aromatic rings. The van der Waals surface area contributed by atoms with Gasteiger partial charge in [0, 0.05) is 19.1 Å². The van der Waals surface area contributed by atoms with Gasteiger partial charge in [-0.3, -0.25) is 4.90 Å². The second-order valence-electron chi connectivity index (χ2n) is 4.79. The van der Waals surface area contributed by atoms with E-state index in [2.05, 4.69) is 35.9 Å². The van der Waals surface area contributed by atoms with Crippen LogP contribution in [0.5, 0.6) is 0 Å². The third-order valence-electron chi connectivity index (χ3n) is 3.41. The summed E-state index contributed by atoms with van der Waals surface area (Å²) in [5.41, 5.74) is 1.24. The first-order valence-electron chi connectivity index (χ1n) is 7.93. The van der Waals surface area contributed by atoms with E-state index in [0.717, 1.165) is 19.5 Å². The molecule has 0 heterocycles. The maximum Gasteiger partial charge on any atom is 0.0823 e. The maximum absolute atomic E-state index is 10.4. The second kappa shape index (κ2) is 12.6. The Morgan fingerprint density at radius 3 is 2.38 bits per heavy atom.